The first kappa shape index (κ1) is 11.8. The molecule has 0 aliphatic carbocycles. The van der Waals surface area contributed by atoms with Crippen molar-refractivity contribution in [3.05, 3.63) is 21.3 Å². The van der Waals surface area contributed by atoms with Crippen molar-refractivity contribution in [2.75, 3.05) is 5.88 Å². The largest absolute Gasteiger partial charge is 0.349 e. The minimum atomic E-state index is -0.0838. The van der Waals surface area contributed by atoms with E-state index in [4.69, 9.17) is 23.2 Å². The maximum absolute atomic E-state index is 11.5. The molecule has 14 heavy (non-hydrogen) atoms. The van der Waals surface area contributed by atoms with Crippen LogP contribution in [0.4, 0.5) is 0 Å². The molecule has 0 saturated heterocycles. The van der Waals surface area contributed by atoms with Gasteiger partial charge < -0.3 is 5.32 Å². The standard InChI is InChI=1S/C9H11Cl2NOS/c1-6(4-5-10)12-9(13)7-2-3-8(11)14-7/h2-3,6H,4-5H2,1H3,(H,12,13). The molecular weight excluding hydrogens is 241 g/mol. The average molecular weight is 252 g/mol. The van der Waals surface area contributed by atoms with Gasteiger partial charge in [0, 0.05) is 11.9 Å². The van der Waals surface area contributed by atoms with Gasteiger partial charge in [0.2, 0.25) is 0 Å². The van der Waals surface area contributed by atoms with Crippen LogP contribution in [-0.2, 0) is 0 Å². The van der Waals surface area contributed by atoms with E-state index in [1.165, 1.54) is 11.3 Å². The van der Waals surface area contributed by atoms with E-state index in [0.717, 1.165) is 6.42 Å². The van der Waals surface area contributed by atoms with Crippen LogP contribution in [0.3, 0.4) is 0 Å². The summed E-state index contributed by atoms with van der Waals surface area (Å²) in [4.78, 5) is 12.2. The summed E-state index contributed by atoms with van der Waals surface area (Å²) in [6, 6.07) is 3.53. The fourth-order valence-electron chi connectivity index (χ4n) is 0.967. The topological polar surface area (TPSA) is 29.1 Å². The van der Waals surface area contributed by atoms with Crippen molar-refractivity contribution in [3.8, 4) is 0 Å². The SMILES string of the molecule is CC(CCCl)NC(=O)c1ccc(Cl)s1. The average Bonchev–Trinajstić information content (AvgIpc) is 2.52. The minimum Gasteiger partial charge on any atom is -0.349 e. The van der Waals surface area contributed by atoms with Gasteiger partial charge in [-0.3, -0.25) is 4.79 Å². The van der Waals surface area contributed by atoms with Gasteiger partial charge in [-0.25, -0.2) is 0 Å². The Kier molecular flexibility index (Phi) is 4.72. The number of carbonyl (C=O) groups excluding carboxylic acids is 1. The summed E-state index contributed by atoms with van der Waals surface area (Å²) >= 11 is 12.6. The maximum atomic E-state index is 11.5. The fraction of sp³-hybridized carbons (Fsp3) is 0.444. The van der Waals surface area contributed by atoms with Crippen molar-refractivity contribution in [2.45, 2.75) is 19.4 Å². The lowest BCUT2D eigenvalue weighted by Crippen LogP contribution is -2.32. The van der Waals surface area contributed by atoms with E-state index in [1.807, 2.05) is 6.92 Å². The second-order valence-electron chi connectivity index (χ2n) is 2.96. The first-order chi connectivity index (χ1) is 6.63. The van der Waals surface area contributed by atoms with Gasteiger partial charge in [-0.1, -0.05) is 11.6 Å². The third-order valence-corrected chi connectivity index (χ3v) is 3.16. The Balaban J connectivity index is 2.50. The van der Waals surface area contributed by atoms with Crippen LogP contribution in [0.5, 0.6) is 0 Å². The van der Waals surface area contributed by atoms with Crippen LogP contribution in [0, 0.1) is 0 Å². The van der Waals surface area contributed by atoms with E-state index < -0.39 is 0 Å². The molecule has 0 saturated carbocycles. The number of rotatable bonds is 4. The van der Waals surface area contributed by atoms with Gasteiger partial charge in [-0.2, -0.15) is 0 Å². The van der Waals surface area contributed by atoms with E-state index in [-0.39, 0.29) is 11.9 Å². The van der Waals surface area contributed by atoms with Crippen molar-refractivity contribution in [2.24, 2.45) is 0 Å². The maximum Gasteiger partial charge on any atom is 0.261 e. The highest BCUT2D eigenvalue weighted by Crippen LogP contribution is 2.21. The molecule has 1 atom stereocenters. The number of nitrogens with one attached hydrogen (secondary N) is 1. The molecule has 1 N–H and O–H groups in total. The van der Waals surface area contributed by atoms with Gasteiger partial charge in [-0.15, -0.1) is 22.9 Å². The molecule has 0 bridgehead atoms. The zero-order chi connectivity index (χ0) is 10.6. The summed E-state index contributed by atoms with van der Waals surface area (Å²) in [5, 5.41) is 2.84. The van der Waals surface area contributed by atoms with Crippen LogP contribution in [0.25, 0.3) is 0 Å². The van der Waals surface area contributed by atoms with Crippen LogP contribution < -0.4 is 5.32 Å². The number of alkyl halides is 1. The lowest BCUT2D eigenvalue weighted by molar-refractivity contribution is 0.0943. The van der Waals surface area contributed by atoms with Gasteiger partial charge >= 0.3 is 0 Å². The van der Waals surface area contributed by atoms with Gasteiger partial charge in [0.1, 0.15) is 0 Å². The van der Waals surface area contributed by atoms with Crippen molar-refractivity contribution in [1.29, 1.82) is 0 Å². The Morgan fingerprint density at radius 2 is 2.36 bits per heavy atom. The number of carbonyl (C=O) groups is 1. The fourth-order valence-corrected chi connectivity index (χ4v) is 2.24. The first-order valence-electron chi connectivity index (χ1n) is 4.25. The van der Waals surface area contributed by atoms with Crippen molar-refractivity contribution < 1.29 is 4.79 Å². The highest BCUT2D eigenvalue weighted by molar-refractivity contribution is 7.17. The monoisotopic (exact) mass is 251 g/mol. The molecule has 0 aromatic carbocycles. The summed E-state index contributed by atoms with van der Waals surface area (Å²) in [5.74, 6) is 0.464. The lowest BCUT2D eigenvalue weighted by Gasteiger charge is -2.10. The highest BCUT2D eigenvalue weighted by atomic mass is 35.5. The Morgan fingerprint density at radius 1 is 1.64 bits per heavy atom. The van der Waals surface area contributed by atoms with Crippen LogP contribution in [0.2, 0.25) is 4.34 Å². The van der Waals surface area contributed by atoms with Crippen molar-refractivity contribution >= 4 is 40.4 Å². The van der Waals surface area contributed by atoms with Gasteiger partial charge in [0.05, 0.1) is 9.21 Å². The highest BCUT2D eigenvalue weighted by Gasteiger charge is 2.10. The van der Waals surface area contributed by atoms with Crippen molar-refractivity contribution in [3.63, 3.8) is 0 Å². The molecular formula is C9H11Cl2NOS. The summed E-state index contributed by atoms with van der Waals surface area (Å²) < 4.78 is 0.625. The molecule has 0 radical (unpaired) electrons. The molecule has 1 unspecified atom stereocenters. The summed E-state index contributed by atoms with van der Waals surface area (Å²) in [5.41, 5.74) is 0. The molecule has 0 aliphatic rings. The third-order valence-electron chi connectivity index (χ3n) is 1.72. The molecule has 0 aliphatic heterocycles. The molecule has 0 spiro atoms. The number of hydrogen-bond acceptors (Lipinski definition) is 2. The summed E-state index contributed by atoms with van der Waals surface area (Å²) in [6.45, 7) is 1.93. The van der Waals surface area contributed by atoms with E-state index in [1.54, 1.807) is 12.1 Å². The predicted octanol–water partition coefficient (Wildman–Crippen LogP) is 3.15. The second kappa shape index (κ2) is 5.59. The van der Waals surface area contributed by atoms with E-state index in [2.05, 4.69) is 5.32 Å². The quantitative estimate of drug-likeness (QED) is 0.819. The number of amides is 1. The molecule has 1 aromatic rings. The Morgan fingerprint density at radius 3 is 2.86 bits per heavy atom. The molecule has 0 fully saturated rings. The zero-order valence-corrected chi connectivity index (χ0v) is 10.0. The Hall–Kier alpha value is -0.250. The van der Waals surface area contributed by atoms with Crippen LogP contribution in [0.15, 0.2) is 12.1 Å². The molecule has 78 valence electrons. The molecule has 5 heteroatoms. The number of hydrogen-bond donors (Lipinski definition) is 1. The third kappa shape index (κ3) is 3.48. The van der Waals surface area contributed by atoms with Gasteiger partial charge in [0.15, 0.2) is 0 Å². The van der Waals surface area contributed by atoms with Gasteiger partial charge in [0.25, 0.3) is 5.91 Å². The second-order valence-corrected chi connectivity index (χ2v) is 5.05. The normalized spacial score (nSPS) is 12.5. The van der Waals surface area contributed by atoms with Crippen LogP contribution in [-0.4, -0.2) is 17.8 Å². The molecule has 1 aromatic heterocycles. The minimum absolute atomic E-state index is 0.0838. The first-order valence-corrected chi connectivity index (χ1v) is 5.98. The number of thiophene rings is 1. The summed E-state index contributed by atoms with van der Waals surface area (Å²) in [6.07, 6.45) is 0.770. The predicted molar refractivity (Wildman–Crippen MR) is 61.6 cm³/mol. The molecule has 1 amide bonds. The van der Waals surface area contributed by atoms with E-state index in [9.17, 15) is 4.79 Å². The van der Waals surface area contributed by atoms with Gasteiger partial charge in [-0.05, 0) is 25.5 Å². The number of halogens is 2. The van der Waals surface area contributed by atoms with Crippen LogP contribution in [0.1, 0.15) is 23.0 Å². The van der Waals surface area contributed by atoms with E-state index >= 15 is 0 Å². The zero-order valence-electron chi connectivity index (χ0n) is 7.72. The molecule has 1 rings (SSSR count). The lowest BCUT2D eigenvalue weighted by atomic mass is 10.2. The van der Waals surface area contributed by atoms with Crippen molar-refractivity contribution in [1.82, 2.24) is 5.32 Å². The molecule has 2 nitrogen and oxygen atoms in total. The van der Waals surface area contributed by atoms with E-state index in [0.29, 0.717) is 15.1 Å². The molecule has 1 heterocycles. The smallest absolute Gasteiger partial charge is 0.261 e. The Labute approximate surface area is 97.2 Å². The summed E-state index contributed by atoms with van der Waals surface area (Å²) in [7, 11) is 0. The van der Waals surface area contributed by atoms with Crippen LogP contribution >= 0.6 is 34.5 Å². The Bertz CT molecular complexity index is 314.